The molecule has 0 bridgehead atoms. The van der Waals surface area contributed by atoms with Gasteiger partial charge in [0.25, 0.3) is 5.56 Å². The van der Waals surface area contributed by atoms with Crippen LogP contribution in [0, 0.1) is 27.7 Å². The molecule has 0 amide bonds. The van der Waals surface area contributed by atoms with Crippen LogP contribution in [0.3, 0.4) is 0 Å². The third kappa shape index (κ3) is 3.41. The molecule has 0 N–H and O–H groups in total. The van der Waals surface area contributed by atoms with Crippen LogP contribution in [0.25, 0.3) is 15.9 Å². The highest BCUT2D eigenvalue weighted by molar-refractivity contribution is 8.00. The number of thioether (sulfide) groups is 1. The molecular formula is C20H22N2O3S2. The molecule has 0 saturated heterocycles. The monoisotopic (exact) mass is 402 g/mol. The lowest BCUT2D eigenvalue weighted by molar-refractivity contribution is -0.139. The zero-order chi connectivity index (χ0) is 19.9. The number of carbonyl (C=O) groups is 1. The maximum absolute atomic E-state index is 13.5. The number of hydrogen-bond donors (Lipinski definition) is 0. The fourth-order valence-electron chi connectivity index (χ4n) is 2.92. The van der Waals surface area contributed by atoms with Gasteiger partial charge in [-0.1, -0.05) is 23.9 Å². The number of carbonyl (C=O) groups excluding carboxylic acids is 1. The summed E-state index contributed by atoms with van der Waals surface area (Å²) < 4.78 is 6.47. The quantitative estimate of drug-likeness (QED) is 0.369. The highest BCUT2D eigenvalue weighted by atomic mass is 32.2. The van der Waals surface area contributed by atoms with E-state index in [4.69, 9.17) is 9.72 Å². The van der Waals surface area contributed by atoms with Gasteiger partial charge < -0.3 is 4.74 Å². The van der Waals surface area contributed by atoms with E-state index in [2.05, 4.69) is 0 Å². The molecule has 0 aliphatic rings. The van der Waals surface area contributed by atoms with Gasteiger partial charge in [0.15, 0.2) is 5.16 Å². The Balaban J connectivity index is 2.34. The van der Waals surface area contributed by atoms with E-state index in [0.29, 0.717) is 15.4 Å². The lowest BCUT2D eigenvalue weighted by Crippen LogP contribution is -2.24. The minimum atomic E-state index is -0.474. The van der Waals surface area contributed by atoms with Crippen molar-refractivity contribution in [2.75, 3.05) is 7.11 Å². The summed E-state index contributed by atoms with van der Waals surface area (Å²) >= 11 is 2.75. The number of aromatic nitrogens is 2. The van der Waals surface area contributed by atoms with Crippen molar-refractivity contribution in [3.8, 4) is 5.69 Å². The molecule has 1 aromatic carbocycles. The molecule has 7 heteroatoms. The molecule has 0 fully saturated rings. The first-order valence-corrected chi connectivity index (χ1v) is 10.3. The summed E-state index contributed by atoms with van der Waals surface area (Å²) in [7, 11) is 1.36. The molecule has 142 valence electrons. The lowest BCUT2D eigenvalue weighted by atomic mass is 10.1. The number of fused-ring (bicyclic) bond motifs is 1. The second-order valence-corrected chi connectivity index (χ2v) is 9.01. The molecule has 0 radical (unpaired) electrons. The van der Waals surface area contributed by atoms with Gasteiger partial charge in [-0.25, -0.2) is 4.98 Å². The van der Waals surface area contributed by atoms with E-state index in [1.54, 1.807) is 11.5 Å². The Labute approximate surface area is 166 Å². The first-order valence-electron chi connectivity index (χ1n) is 8.60. The number of rotatable bonds is 4. The maximum atomic E-state index is 13.5. The van der Waals surface area contributed by atoms with Crippen molar-refractivity contribution in [1.82, 2.24) is 9.55 Å². The number of nitrogens with zero attached hydrogens (tertiary/aromatic N) is 2. The summed E-state index contributed by atoms with van der Waals surface area (Å²) in [6, 6.07) is 5.86. The van der Waals surface area contributed by atoms with Gasteiger partial charge in [0, 0.05) is 4.88 Å². The van der Waals surface area contributed by atoms with Crippen molar-refractivity contribution in [3.63, 3.8) is 0 Å². The molecule has 1 unspecified atom stereocenters. The molecule has 1 atom stereocenters. The molecule has 3 aromatic rings. The van der Waals surface area contributed by atoms with Crippen LogP contribution in [0.1, 0.15) is 28.5 Å². The zero-order valence-electron chi connectivity index (χ0n) is 16.2. The maximum Gasteiger partial charge on any atom is 0.318 e. The fourth-order valence-corrected chi connectivity index (χ4v) is 4.93. The summed E-state index contributed by atoms with van der Waals surface area (Å²) in [6.07, 6.45) is 0. The van der Waals surface area contributed by atoms with Crippen LogP contribution in [0.2, 0.25) is 0 Å². The van der Waals surface area contributed by atoms with Crippen LogP contribution in [0.5, 0.6) is 0 Å². The minimum absolute atomic E-state index is 0.102. The van der Waals surface area contributed by atoms with Gasteiger partial charge in [-0.2, -0.15) is 0 Å². The van der Waals surface area contributed by atoms with Crippen LogP contribution in [-0.4, -0.2) is 27.9 Å². The highest BCUT2D eigenvalue weighted by Gasteiger charge is 2.23. The van der Waals surface area contributed by atoms with Crippen molar-refractivity contribution in [2.45, 2.75) is 45.0 Å². The number of thiophene rings is 1. The molecule has 3 rings (SSSR count). The third-order valence-corrected chi connectivity index (χ3v) is 6.94. The van der Waals surface area contributed by atoms with Crippen LogP contribution in [0.15, 0.2) is 28.2 Å². The number of hydrogen-bond acceptors (Lipinski definition) is 6. The van der Waals surface area contributed by atoms with Crippen molar-refractivity contribution in [3.05, 3.63) is 50.1 Å². The van der Waals surface area contributed by atoms with E-state index in [-0.39, 0.29) is 11.5 Å². The van der Waals surface area contributed by atoms with E-state index >= 15 is 0 Å². The average molecular weight is 403 g/mol. The summed E-state index contributed by atoms with van der Waals surface area (Å²) in [5.74, 6) is -0.347. The smallest absolute Gasteiger partial charge is 0.318 e. The Kier molecular flexibility index (Phi) is 5.44. The Morgan fingerprint density at radius 2 is 1.93 bits per heavy atom. The second kappa shape index (κ2) is 7.48. The predicted molar refractivity (Wildman–Crippen MR) is 112 cm³/mol. The number of benzene rings is 1. The second-order valence-electron chi connectivity index (χ2n) is 6.50. The SMILES string of the molecule is COC(=O)C(C)Sc1nc2sc(C)c(C)c2c(=O)n1-c1cccc(C)c1C. The Hall–Kier alpha value is -2.12. The number of aryl methyl sites for hydroxylation is 3. The standard InChI is InChI=1S/C20H22N2O3S2/c1-10-8-7-9-15(11(10)2)22-18(23)16-12(3)13(4)26-17(16)21-20(22)27-14(5)19(24)25-6/h7-9,14H,1-6H3. The number of esters is 1. The average Bonchev–Trinajstić information content (AvgIpc) is 2.91. The van der Waals surface area contributed by atoms with Gasteiger partial charge in [-0.05, 0) is 57.4 Å². The molecule has 0 saturated carbocycles. The summed E-state index contributed by atoms with van der Waals surface area (Å²) in [6.45, 7) is 9.71. The summed E-state index contributed by atoms with van der Waals surface area (Å²) in [4.78, 5) is 31.9. The summed E-state index contributed by atoms with van der Waals surface area (Å²) in [5, 5.41) is 0.673. The molecule has 0 spiro atoms. The molecule has 5 nitrogen and oxygen atoms in total. The van der Waals surface area contributed by atoms with Gasteiger partial charge in [0.05, 0.1) is 18.2 Å². The fraction of sp³-hybridized carbons (Fsp3) is 0.350. The lowest BCUT2D eigenvalue weighted by Gasteiger charge is -2.17. The van der Waals surface area contributed by atoms with Crippen LogP contribution in [-0.2, 0) is 9.53 Å². The normalized spacial score (nSPS) is 12.4. The largest absolute Gasteiger partial charge is 0.468 e. The van der Waals surface area contributed by atoms with E-state index in [1.807, 2.05) is 45.9 Å². The first kappa shape index (κ1) is 19.6. The Morgan fingerprint density at radius 3 is 2.59 bits per heavy atom. The van der Waals surface area contributed by atoms with E-state index in [0.717, 1.165) is 27.3 Å². The minimum Gasteiger partial charge on any atom is -0.468 e. The van der Waals surface area contributed by atoms with Crippen molar-refractivity contribution in [1.29, 1.82) is 0 Å². The first-order chi connectivity index (χ1) is 12.8. The molecule has 27 heavy (non-hydrogen) atoms. The molecular weight excluding hydrogens is 380 g/mol. The van der Waals surface area contributed by atoms with E-state index in [9.17, 15) is 9.59 Å². The van der Waals surface area contributed by atoms with E-state index in [1.165, 1.54) is 30.2 Å². The Morgan fingerprint density at radius 1 is 1.22 bits per heavy atom. The van der Waals surface area contributed by atoms with Gasteiger partial charge in [0.1, 0.15) is 10.1 Å². The highest BCUT2D eigenvalue weighted by Crippen LogP contribution is 2.32. The van der Waals surface area contributed by atoms with Crippen LogP contribution in [0.4, 0.5) is 0 Å². The molecule has 0 aliphatic heterocycles. The molecule has 0 aliphatic carbocycles. The van der Waals surface area contributed by atoms with E-state index < -0.39 is 5.25 Å². The van der Waals surface area contributed by atoms with Gasteiger partial charge >= 0.3 is 5.97 Å². The van der Waals surface area contributed by atoms with Crippen molar-refractivity contribution in [2.24, 2.45) is 0 Å². The third-order valence-electron chi connectivity index (χ3n) is 4.80. The topological polar surface area (TPSA) is 61.2 Å². The van der Waals surface area contributed by atoms with Crippen LogP contribution >= 0.6 is 23.1 Å². The van der Waals surface area contributed by atoms with Crippen LogP contribution < -0.4 is 5.56 Å². The van der Waals surface area contributed by atoms with Gasteiger partial charge in [-0.3, -0.25) is 14.2 Å². The Bertz CT molecular complexity index is 1100. The van der Waals surface area contributed by atoms with Crippen molar-refractivity contribution >= 4 is 39.3 Å². The molecule has 2 aromatic heterocycles. The predicted octanol–water partition coefficient (Wildman–Crippen LogP) is 4.33. The van der Waals surface area contributed by atoms with Gasteiger partial charge in [0.2, 0.25) is 0 Å². The number of methoxy groups -OCH3 is 1. The van der Waals surface area contributed by atoms with Gasteiger partial charge in [-0.15, -0.1) is 11.3 Å². The summed E-state index contributed by atoms with van der Waals surface area (Å²) in [5.41, 5.74) is 3.75. The van der Waals surface area contributed by atoms with Crippen molar-refractivity contribution < 1.29 is 9.53 Å². The zero-order valence-corrected chi connectivity index (χ0v) is 17.9. The molecule has 2 heterocycles. The number of ether oxygens (including phenoxy) is 1.